The van der Waals surface area contributed by atoms with Gasteiger partial charge in [0, 0.05) is 61.3 Å². The van der Waals surface area contributed by atoms with Crippen LogP contribution in [0.5, 0.6) is 0 Å². The Morgan fingerprint density at radius 2 is 0.594 bits per heavy atom. The number of hydrogen-bond donors (Lipinski definition) is 0. The average Bonchev–Trinajstić information content (AvgIpc) is 1.51. The zero-order valence-corrected chi connectivity index (χ0v) is 54.7. The van der Waals surface area contributed by atoms with Crippen LogP contribution in [0.2, 0.25) is 0 Å². The van der Waals surface area contributed by atoms with Gasteiger partial charge in [-0.25, -0.2) is 0 Å². The van der Waals surface area contributed by atoms with Gasteiger partial charge in [-0.2, -0.15) is 0 Å². The van der Waals surface area contributed by atoms with Gasteiger partial charge in [0.2, 0.25) is 0 Å². The molecule has 3 nitrogen and oxygen atoms in total. The molecule has 3 heteroatoms. The van der Waals surface area contributed by atoms with Gasteiger partial charge < -0.3 is 14.2 Å². The van der Waals surface area contributed by atoms with Crippen molar-refractivity contribution in [1.29, 1.82) is 0 Å². The molecule has 1 heterocycles. The van der Waals surface area contributed by atoms with Crippen LogP contribution >= 0.6 is 0 Å². The Morgan fingerprint density at radius 1 is 0.240 bits per heavy atom. The predicted octanol–water partition coefficient (Wildman–Crippen LogP) is 25.1. The second kappa shape index (κ2) is 20.7. The zero-order chi connectivity index (χ0) is 64.3. The highest BCUT2D eigenvalue weighted by Crippen LogP contribution is 2.64. The highest BCUT2D eigenvalue weighted by molar-refractivity contribution is 6.10. The van der Waals surface area contributed by atoms with Gasteiger partial charge in [-0.15, -0.1) is 0 Å². The summed E-state index contributed by atoms with van der Waals surface area (Å²) in [5.74, 6) is 0. The fraction of sp³-hybridized carbons (Fsp3) is 0.0968. The van der Waals surface area contributed by atoms with Crippen molar-refractivity contribution in [3.63, 3.8) is 0 Å². The summed E-state index contributed by atoms with van der Waals surface area (Å²) < 4.78 is 6.62. The van der Waals surface area contributed by atoms with Crippen molar-refractivity contribution in [2.24, 2.45) is 0 Å². The molecule has 0 saturated heterocycles. The summed E-state index contributed by atoms with van der Waals surface area (Å²) in [4.78, 5) is 4.96. The van der Waals surface area contributed by atoms with E-state index in [1.165, 1.54) is 100 Å². The maximum atomic E-state index is 6.62. The Balaban J connectivity index is 0.765. The van der Waals surface area contributed by atoms with Crippen molar-refractivity contribution in [3.05, 3.63) is 359 Å². The van der Waals surface area contributed by atoms with Crippen molar-refractivity contribution in [3.8, 4) is 77.9 Å². The van der Waals surface area contributed by atoms with E-state index in [0.29, 0.717) is 0 Å². The fourth-order valence-corrected chi connectivity index (χ4v) is 17.4. The summed E-state index contributed by atoms with van der Waals surface area (Å²) in [6, 6.07) is 114. The molecule has 1 spiro atoms. The van der Waals surface area contributed by atoms with Gasteiger partial charge >= 0.3 is 0 Å². The molecule has 0 atom stereocenters. The van der Waals surface area contributed by atoms with Crippen LogP contribution < -0.4 is 9.80 Å². The first-order valence-corrected chi connectivity index (χ1v) is 33.8. The van der Waals surface area contributed by atoms with Gasteiger partial charge in [-0.1, -0.05) is 263 Å². The molecule has 0 radical (unpaired) electrons. The first-order chi connectivity index (χ1) is 46.9. The molecule has 0 fully saturated rings. The SMILES string of the molecule is Cc1ccc2c(c1)C(C)(C)c1cc(N(c3ccc(-c4ccc(N(c5ccc(-c6cccc7c6oc6ccccc67)cc5)c5ccc6c(c5)C5(c7ccccc7-c7ccccc75)c5ccccc5-6)cc4)c(-c4ccccc4)c3)c3ccc4c(c3)C(C)(C)c3cc(C)ccc3-4)ccc1-2. The smallest absolute Gasteiger partial charge is 0.143 e. The standard InChI is InChI=1S/C93H68N2O/c1-57-31-45-73-75-48-42-65(54-86(75)91(3,4)84(73)51-57)95(66-43-49-76-74-46-32-58(2)52-85(74)92(5,6)87(76)55-66)64-41-47-68(80(53-64)59-19-8-7-9-20-59)60-33-37-62(38-34-60)94(63-39-35-61(36-40-63)69-25-18-26-79-78-24-13-17-30-89(78)96-90(69)79)67-44-50-77-72-23-12-16-29-83(72)93(88(77)56-67)81-27-14-10-21-70(81)71-22-11-15-28-82(71)93/h7-56H,1-6H3. The van der Waals surface area contributed by atoms with E-state index in [0.717, 1.165) is 89.4 Å². The fourth-order valence-electron chi connectivity index (χ4n) is 17.4. The van der Waals surface area contributed by atoms with Crippen LogP contribution in [-0.4, -0.2) is 0 Å². The van der Waals surface area contributed by atoms with Crippen LogP contribution in [0.15, 0.2) is 308 Å². The summed E-state index contributed by atoms with van der Waals surface area (Å²) in [6.07, 6.45) is 0. The number of fused-ring (bicyclic) bond motifs is 19. The monoisotopic (exact) mass is 1230 g/mol. The Labute approximate surface area is 561 Å². The normalized spacial score (nSPS) is 14.2. The summed E-state index contributed by atoms with van der Waals surface area (Å²) in [6.45, 7) is 14.0. The molecule has 0 N–H and O–H groups in total. The van der Waals surface area contributed by atoms with Gasteiger partial charge in [0.1, 0.15) is 11.2 Å². The van der Waals surface area contributed by atoms with Gasteiger partial charge in [0.25, 0.3) is 0 Å². The molecule has 0 bridgehead atoms. The molecule has 4 aliphatic carbocycles. The lowest BCUT2D eigenvalue weighted by atomic mass is 9.70. The van der Waals surface area contributed by atoms with Crippen molar-refractivity contribution < 1.29 is 4.42 Å². The average molecular weight is 1230 g/mol. The number of benzene rings is 14. The number of rotatable bonds is 9. The van der Waals surface area contributed by atoms with Crippen LogP contribution in [-0.2, 0) is 16.2 Å². The maximum absolute atomic E-state index is 6.62. The number of nitrogens with zero attached hydrogens (tertiary/aromatic N) is 2. The molecule has 96 heavy (non-hydrogen) atoms. The van der Waals surface area contributed by atoms with Crippen LogP contribution in [0, 0.1) is 13.8 Å². The summed E-state index contributed by atoms with van der Waals surface area (Å²) in [7, 11) is 0. The van der Waals surface area contributed by atoms with Crippen molar-refractivity contribution >= 4 is 56.1 Å². The number of aryl methyl sites for hydroxylation is 2. The van der Waals surface area contributed by atoms with Gasteiger partial charge in [0.05, 0.1) is 5.41 Å². The molecule has 0 saturated carbocycles. The second-order valence-electron chi connectivity index (χ2n) is 28.1. The van der Waals surface area contributed by atoms with Gasteiger partial charge in [0.15, 0.2) is 0 Å². The van der Waals surface area contributed by atoms with E-state index < -0.39 is 5.41 Å². The number of para-hydroxylation sites is 2. The van der Waals surface area contributed by atoms with Crippen molar-refractivity contribution in [1.82, 2.24) is 0 Å². The lowest BCUT2D eigenvalue weighted by molar-refractivity contribution is 0.659. The maximum Gasteiger partial charge on any atom is 0.143 e. The lowest BCUT2D eigenvalue weighted by Crippen LogP contribution is -2.26. The Morgan fingerprint density at radius 3 is 1.12 bits per heavy atom. The lowest BCUT2D eigenvalue weighted by Gasteiger charge is -2.32. The first-order valence-electron chi connectivity index (χ1n) is 33.8. The highest BCUT2D eigenvalue weighted by Gasteiger charge is 2.52. The molecule has 15 aromatic rings. The van der Waals surface area contributed by atoms with Crippen molar-refractivity contribution in [2.75, 3.05) is 9.80 Å². The van der Waals surface area contributed by atoms with E-state index in [4.69, 9.17) is 4.42 Å². The van der Waals surface area contributed by atoms with Crippen LogP contribution in [0.4, 0.5) is 34.1 Å². The number of anilines is 6. The van der Waals surface area contributed by atoms with E-state index >= 15 is 0 Å². The van der Waals surface area contributed by atoms with Gasteiger partial charge in [-0.3, -0.25) is 0 Å². The first kappa shape index (κ1) is 56.1. The Kier molecular flexibility index (Phi) is 12.1. The number of hydrogen-bond acceptors (Lipinski definition) is 3. The zero-order valence-electron chi connectivity index (χ0n) is 54.7. The highest BCUT2D eigenvalue weighted by atomic mass is 16.3. The van der Waals surface area contributed by atoms with Crippen molar-refractivity contribution in [2.45, 2.75) is 57.8 Å². The minimum Gasteiger partial charge on any atom is -0.455 e. The molecule has 14 aromatic carbocycles. The molecule has 1 aromatic heterocycles. The second-order valence-corrected chi connectivity index (χ2v) is 28.1. The largest absolute Gasteiger partial charge is 0.455 e. The molecular weight excluding hydrogens is 1160 g/mol. The molecule has 19 rings (SSSR count). The van der Waals surface area contributed by atoms with E-state index in [1.807, 2.05) is 6.07 Å². The van der Waals surface area contributed by atoms with E-state index in [2.05, 4.69) is 349 Å². The van der Waals surface area contributed by atoms with Crippen LogP contribution in [0.3, 0.4) is 0 Å². The summed E-state index contributed by atoms with van der Waals surface area (Å²) >= 11 is 0. The third-order valence-corrected chi connectivity index (χ3v) is 22.0. The van der Waals surface area contributed by atoms with Crippen LogP contribution in [0.25, 0.3) is 99.8 Å². The Hall–Kier alpha value is -11.5. The third kappa shape index (κ3) is 8.07. The summed E-state index contributed by atoms with van der Waals surface area (Å²) in [5, 5.41) is 2.24. The molecule has 4 aliphatic rings. The summed E-state index contributed by atoms with van der Waals surface area (Å²) in [5.41, 5.74) is 38.0. The molecule has 456 valence electrons. The third-order valence-electron chi connectivity index (χ3n) is 22.0. The topological polar surface area (TPSA) is 19.6 Å². The van der Waals surface area contributed by atoms with Crippen LogP contribution in [0.1, 0.15) is 83.3 Å². The molecule has 0 unspecified atom stereocenters. The van der Waals surface area contributed by atoms with E-state index in [9.17, 15) is 0 Å². The van der Waals surface area contributed by atoms with E-state index in [-0.39, 0.29) is 10.8 Å². The quantitative estimate of drug-likeness (QED) is 0.144. The van der Waals surface area contributed by atoms with Gasteiger partial charge in [-0.05, 0) is 210 Å². The predicted molar refractivity (Wildman–Crippen MR) is 400 cm³/mol. The minimum absolute atomic E-state index is 0.184. The molecule has 0 aliphatic heterocycles. The Bertz CT molecular complexity index is 5570. The number of furan rings is 1. The minimum atomic E-state index is -0.500. The molecular formula is C93H68N2O. The molecule has 0 amide bonds. The van der Waals surface area contributed by atoms with E-state index in [1.54, 1.807) is 0 Å².